The molecule has 154 valence electrons. The Hall–Kier alpha value is -3.80. The van der Waals surface area contributed by atoms with Gasteiger partial charge in [0.2, 0.25) is 5.88 Å². The van der Waals surface area contributed by atoms with Crippen LogP contribution in [-0.4, -0.2) is 44.1 Å². The van der Waals surface area contributed by atoms with Gasteiger partial charge in [0.15, 0.2) is 0 Å². The lowest BCUT2D eigenvalue weighted by molar-refractivity contribution is -0.122. The number of hydrogen-bond donors (Lipinski definition) is 0. The highest BCUT2D eigenvalue weighted by Gasteiger charge is 2.15. The van der Waals surface area contributed by atoms with Crippen LogP contribution in [0.1, 0.15) is 11.1 Å². The Labute approximate surface area is 176 Å². The predicted molar refractivity (Wildman–Crippen MR) is 117 cm³/mol. The number of ether oxygens (including phenoxy) is 3. The first kappa shape index (κ1) is 20.9. The Morgan fingerprint density at radius 1 is 0.900 bits per heavy atom. The van der Waals surface area contributed by atoms with Crippen molar-refractivity contribution in [2.24, 2.45) is 0 Å². The zero-order valence-electron chi connectivity index (χ0n) is 17.5. The van der Waals surface area contributed by atoms with Crippen LogP contribution in [0, 0.1) is 0 Å². The average Bonchev–Trinajstić information content (AvgIpc) is 2.78. The third kappa shape index (κ3) is 5.17. The van der Waals surface area contributed by atoms with Crippen molar-refractivity contribution in [1.29, 1.82) is 0 Å². The van der Waals surface area contributed by atoms with Gasteiger partial charge in [0, 0.05) is 38.0 Å². The highest BCUT2D eigenvalue weighted by Crippen LogP contribution is 2.28. The van der Waals surface area contributed by atoms with Gasteiger partial charge >= 0.3 is 0 Å². The average molecular weight is 404 g/mol. The summed E-state index contributed by atoms with van der Waals surface area (Å²) in [7, 11) is 6.63. The molecule has 0 aliphatic rings. The van der Waals surface area contributed by atoms with Crippen molar-refractivity contribution in [2.75, 3.05) is 28.3 Å². The van der Waals surface area contributed by atoms with Crippen LogP contribution in [0.15, 0.2) is 66.9 Å². The number of likely N-dealkylation sites (N-methyl/N-ethyl adjacent to an activating group) is 1. The fourth-order valence-corrected chi connectivity index (χ4v) is 2.82. The smallest absolute Gasteiger partial charge is 0.253 e. The van der Waals surface area contributed by atoms with E-state index in [1.807, 2.05) is 54.6 Å². The largest absolute Gasteiger partial charge is 0.497 e. The SMILES string of the molecule is COc1cc(/C=C(/C(=O)N(C)C)c2ccc(Oc3ccccn3)cc2)cc(OC)c1. The van der Waals surface area contributed by atoms with Gasteiger partial charge in [-0.2, -0.15) is 0 Å². The summed E-state index contributed by atoms with van der Waals surface area (Å²) in [5.74, 6) is 2.33. The van der Waals surface area contributed by atoms with Crippen LogP contribution in [0.2, 0.25) is 0 Å². The van der Waals surface area contributed by atoms with E-state index in [0.717, 1.165) is 11.1 Å². The molecule has 6 heteroatoms. The minimum absolute atomic E-state index is 0.116. The Morgan fingerprint density at radius 2 is 1.57 bits per heavy atom. The second kappa shape index (κ2) is 9.60. The molecule has 3 rings (SSSR count). The van der Waals surface area contributed by atoms with Crippen LogP contribution in [0.5, 0.6) is 23.1 Å². The van der Waals surface area contributed by atoms with Crippen molar-refractivity contribution in [3.63, 3.8) is 0 Å². The van der Waals surface area contributed by atoms with Crippen LogP contribution >= 0.6 is 0 Å². The van der Waals surface area contributed by atoms with E-state index in [1.54, 1.807) is 51.5 Å². The molecule has 0 aliphatic carbocycles. The predicted octanol–water partition coefficient (Wildman–Crippen LogP) is 4.52. The molecule has 0 aliphatic heterocycles. The summed E-state index contributed by atoms with van der Waals surface area (Å²) in [4.78, 5) is 18.6. The third-order valence-corrected chi connectivity index (χ3v) is 4.35. The molecule has 0 atom stereocenters. The molecule has 0 saturated carbocycles. The van der Waals surface area contributed by atoms with Crippen LogP contribution in [-0.2, 0) is 4.79 Å². The van der Waals surface area contributed by atoms with Crippen molar-refractivity contribution < 1.29 is 19.0 Å². The minimum Gasteiger partial charge on any atom is -0.497 e. The number of benzene rings is 2. The van der Waals surface area contributed by atoms with Crippen molar-refractivity contribution >= 4 is 17.6 Å². The molecule has 0 N–H and O–H groups in total. The van der Waals surface area contributed by atoms with Gasteiger partial charge < -0.3 is 19.1 Å². The van der Waals surface area contributed by atoms with Gasteiger partial charge in [-0.25, -0.2) is 4.98 Å². The van der Waals surface area contributed by atoms with Crippen molar-refractivity contribution in [3.05, 3.63) is 78.0 Å². The fourth-order valence-electron chi connectivity index (χ4n) is 2.82. The van der Waals surface area contributed by atoms with Crippen LogP contribution < -0.4 is 14.2 Å². The molecule has 1 aromatic heterocycles. The van der Waals surface area contributed by atoms with Crippen LogP contribution in [0.4, 0.5) is 0 Å². The standard InChI is InChI=1S/C24H24N2O4/c1-26(2)24(27)22(15-17-13-20(28-3)16-21(14-17)29-4)18-8-10-19(11-9-18)30-23-7-5-6-12-25-23/h5-16H,1-4H3/b22-15+. The first-order valence-electron chi connectivity index (χ1n) is 9.36. The van der Waals surface area contributed by atoms with Gasteiger partial charge in [0.25, 0.3) is 5.91 Å². The molecule has 0 spiro atoms. The highest BCUT2D eigenvalue weighted by molar-refractivity contribution is 6.24. The summed E-state index contributed by atoms with van der Waals surface area (Å²) < 4.78 is 16.4. The molecule has 0 fully saturated rings. The lowest BCUT2D eigenvalue weighted by Crippen LogP contribution is -2.22. The summed E-state index contributed by atoms with van der Waals surface area (Å²) in [5.41, 5.74) is 2.11. The molecule has 1 amide bonds. The van der Waals surface area contributed by atoms with E-state index >= 15 is 0 Å². The Balaban J connectivity index is 1.96. The number of nitrogens with zero attached hydrogens (tertiary/aromatic N) is 2. The summed E-state index contributed by atoms with van der Waals surface area (Å²) in [6.07, 6.45) is 3.49. The Kier molecular flexibility index (Phi) is 6.70. The molecule has 6 nitrogen and oxygen atoms in total. The molecule has 2 aromatic carbocycles. The summed E-state index contributed by atoms with van der Waals surface area (Å²) in [6.45, 7) is 0. The van der Waals surface area contributed by atoms with E-state index < -0.39 is 0 Å². The molecular formula is C24H24N2O4. The maximum atomic E-state index is 12.9. The van der Waals surface area contributed by atoms with Gasteiger partial charge in [-0.15, -0.1) is 0 Å². The molecule has 0 unspecified atom stereocenters. The number of carbonyl (C=O) groups is 1. The number of carbonyl (C=O) groups excluding carboxylic acids is 1. The number of rotatable bonds is 7. The van der Waals surface area contributed by atoms with E-state index in [-0.39, 0.29) is 5.91 Å². The Morgan fingerprint density at radius 3 is 2.10 bits per heavy atom. The van der Waals surface area contributed by atoms with E-state index in [2.05, 4.69) is 4.98 Å². The number of aromatic nitrogens is 1. The van der Waals surface area contributed by atoms with Gasteiger partial charge in [0.1, 0.15) is 17.2 Å². The molecule has 0 saturated heterocycles. The number of hydrogen-bond acceptors (Lipinski definition) is 5. The molecule has 30 heavy (non-hydrogen) atoms. The van der Waals surface area contributed by atoms with E-state index in [4.69, 9.17) is 14.2 Å². The first-order chi connectivity index (χ1) is 14.5. The molecule has 3 aromatic rings. The first-order valence-corrected chi connectivity index (χ1v) is 9.36. The van der Waals surface area contributed by atoms with Gasteiger partial charge in [-0.05, 0) is 47.5 Å². The quantitative estimate of drug-likeness (QED) is 0.428. The van der Waals surface area contributed by atoms with Gasteiger partial charge in [-0.3, -0.25) is 4.79 Å². The maximum Gasteiger partial charge on any atom is 0.253 e. The van der Waals surface area contributed by atoms with Crippen LogP contribution in [0.25, 0.3) is 11.6 Å². The normalized spacial score (nSPS) is 11.0. The maximum absolute atomic E-state index is 12.9. The van der Waals surface area contributed by atoms with E-state index in [1.165, 1.54) is 0 Å². The molecule has 0 bridgehead atoms. The summed E-state index contributed by atoms with van der Waals surface area (Å²) >= 11 is 0. The lowest BCUT2D eigenvalue weighted by atomic mass is 10.0. The van der Waals surface area contributed by atoms with Crippen molar-refractivity contribution in [2.45, 2.75) is 0 Å². The van der Waals surface area contributed by atoms with Crippen LogP contribution in [0.3, 0.4) is 0 Å². The molecule has 1 heterocycles. The van der Waals surface area contributed by atoms with E-state index in [0.29, 0.717) is 28.7 Å². The number of pyridine rings is 1. The zero-order chi connectivity index (χ0) is 21.5. The Bertz CT molecular complexity index is 1010. The monoisotopic (exact) mass is 404 g/mol. The van der Waals surface area contributed by atoms with Gasteiger partial charge in [0.05, 0.1) is 14.2 Å². The fraction of sp³-hybridized carbons (Fsp3) is 0.167. The van der Waals surface area contributed by atoms with Crippen molar-refractivity contribution in [1.82, 2.24) is 9.88 Å². The molecular weight excluding hydrogens is 380 g/mol. The lowest BCUT2D eigenvalue weighted by Gasteiger charge is -2.15. The van der Waals surface area contributed by atoms with Crippen molar-refractivity contribution in [3.8, 4) is 23.1 Å². The van der Waals surface area contributed by atoms with Gasteiger partial charge in [-0.1, -0.05) is 18.2 Å². The zero-order valence-corrected chi connectivity index (χ0v) is 17.5. The number of methoxy groups -OCH3 is 2. The summed E-state index contributed by atoms with van der Waals surface area (Å²) in [5, 5.41) is 0. The third-order valence-electron chi connectivity index (χ3n) is 4.35. The van der Waals surface area contributed by atoms with E-state index in [9.17, 15) is 4.79 Å². The second-order valence-electron chi connectivity index (χ2n) is 6.70. The highest BCUT2D eigenvalue weighted by atomic mass is 16.5. The molecule has 0 radical (unpaired) electrons. The summed E-state index contributed by atoms with van der Waals surface area (Å²) in [6, 6.07) is 18.3. The topological polar surface area (TPSA) is 60.9 Å². The second-order valence-corrected chi connectivity index (χ2v) is 6.70. The minimum atomic E-state index is -0.116. The number of amides is 1.